The van der Waals surface area contributed by atoms with Crippen LogP contribution in [0.2, 0.25) is 0 Å². The van der Waals surface area contributed by atoms with Gasteiger partial charge in [0.15, 0.2) is 11.5 Å². The maximum atomic E-state index is 6.17. The number of alkyl halides is 1. The summed E-state index contributed by atoms with van der Waals surface area (Å²) in [6.45, 7) is 2.27. The second-order valence-electron chi connectivity index (χ2n) is 5.30. The van der Waals surface area contributed by atoms with Gasteiger partial charge in [-0.3, -0.25) is 0 Å². The minimum Gasteiger partial charge on any atom is -0.493 e. The first-order valence-corrected chi connectivity index (χ1v) is 7.69. The number of halogens is 1. The topological polar surface area (TPSA) is 18.5 Å². The summed E-state index contributed by atoms with van der Waals surface area (Å²) >= 11 is 5.89. The molecule has 1 fully saturated rings. The molecule has 3 heteroatoms. The zero-order chi connectivity index (χ0) is 13.7. The maximum Gasteiger partial charge on any atom is 0.161 e. The molecule has 19 heavy (non-hydrogen) atoms. The molecule has 0 spiro atoms. The van der Waals surface area contributed by atoms with Crippen molar-refractivity contribution in [3.63, 3.8) is 0 Å². The predicted octanol–water partition coefficient (Wildman–Crippen LogP) is 4.78. The molecule has 2 rings (SSSR count). The van der Waals surface area contributed by atoms with Gasteiger partial charge in [-0.05, 0) is 42.9 Å². The van der Waals surface area contributed by atoms with E-state index in [1.807, 2.05) is 18.2 Å². The average Bonchev–Trinajstić information content (AvgIpc) is 2.47. The van der Waals surface area contributed by atoms with Crippen molar-refractivity contribution in [1.29, 1.82) is 0 Å². The summed E-state index contributed by atoms with van der Waals surface area (Å²) < 4.78 is 11.5. The van der Waals surface area contributed by atoms with Crippen LogP contribution >= 0.6 is 11.6 Å². The summed E-state index contributed by atoms with van der Waals surface area (Å²) in [5.74, 6) is 2.94. The van der Waals surface area contributed by atoms with Gasteiger partial charge in [-0.2, -0.15) is 0 Å². The number of hydrogen-bond donors (Lipinski definition) is 0. The van der Waals surface area contributed by atoms with Gasteiger partial charge in [0.2, 0.25) is 0 Å². The summed E-state index contributed by atoms with van der Waals surface area (Å²) in [6.07, 6.45) is 6.47. The summed E-state index contributed by atoms with van der Waals surface area (Å²) in [5.41, 5.74) is 1.07. The molecule has 2 atom stereocenters. The average molecular weight is 283 g/mol. The summed E-state index contributed by atoms with van der Waals surface area (Å²) in [4.78, 5) is 0. The van der Waals surface area contributed by atoms with Gasteiger partial charge in [0.05, 0.1) is 13.2 Å². The molecular formula is C16H23ClO2. The van der Waals surface area contributed by atoms with E-state index in [9.17, 15) is 0 Å². The van der Waals surface area contributed by atoms with E-state index in [-0.39, 0.29) is 0 Å². The lowest BCUT2D eigenvalue weighted by Gasteiger charge is -2.29. The van der Waals surface area contributed by atoms with Crippen molar-refractivity contribution < 1.29 is 9.47 Å². The van der Waals surface area contributed by atoms with Gasteiger partial charge in [0.1, 0.15) is 0 Å². The van der Waals surface area contributed by atoms with E-state index < -0.39 is 0 Å². The third-order valence-electron chi connectivity index (χ3n) is 3.99. The van der Waals surface area contributed by atoms with Crippen LogP contribution in [0.5, 0.6) is 11.5 Å². The highest BCUT2D eigenvalue weighted by atomic mass is 35.5. The van der Waals surface area contributed by atoms with Gasteiger partial charge in [-0.1, -0.05) is 25.8 Å². The van der Waals surface area contributed by atoms with E-state index in [0.29, 0.717) is 12.0 Å². The minimum absolute atomic E-state index is 0.318. The Kier molecular flexibility index (Phi) is 5.38. The fraction of sp³-hybridized carbons (Fsp3) is 0.625. The summed E-state index contributed by atoms with van der Waals surface area (Å²) in [7, 11) is 1.68. The van der Waals surface area contributed by atoms with E-state index in [1.165, 1.54) is 19.3 Å². The Balaban J connectivity index is 2.08. The van der Waals surface area contributed by atoms with Crippen LogP contribution in [0.3, 0.4) is 0 Å². The Labute approximate surface area is 121 Å². The first-order valence-electron chi connectivity index (χ1n) is 7.16. The zero-order valence-electron chi connectivity index (χ0n) is 11.8. The van der Waals surface area contributed by atoms with Gasteiger partial charge >= 0.3 is 0 Å². The van der Waals surface area contributed by atoms with E-state index in [4.69, 9.17) is 21.1 Å². The number of benzene rings is 1. The van der Waals surface area contributed by atoms with Crippen LogP contribution in [0.4, 0.5) is 0 Å². The summed E-state index contributed by atoms with van der Waals surface area (Å²) in [5, 5.41) is 0. The first-order chi connectivity index (χ1) is 9.26. The van der Waals surface area contributed by atoms with Crippen molar-refractivity contribution in [2.45, 2.75) is 51.0 Å². The number of hydrogen-bond acceptors (Lipinski definition) is 2. The van der Waals surface area contributed by atoms with Crippen molar-refractivity contribution in [2.24, 2.45) is 5.92 Å². The van der Waals surface area contributed by atoms with Crippen molar-refractivity contribution in [2.75, 3.05) is 7.11 Å². The molecule has 106 valence electrons. The Morgan fingerprint density at radius 3 is 2.79 bits per heavy atom. The van der Waals surface area contributed by atoms with Crippen LogP contribution in [0, 0.1) is 5.92 Å². The standard InChI is InChI=1S/C16H23ClO2/c1-3-12-5-4-6-14(9-12)19-16-10-13(11-17)7-8-15(16)18-2/h7-8,10,12,14H,3-6,9,11H2,1-2H3. The molecule has 0 aromatic heterocycles. The minimum atomic E-state index is 0.318. The Bertz CT molecular complexity index is 406. The number of ether oxygens (including phenoxy) is 2. The molecule has 2 unspecified atom stereocenters. The van der Waals surface area contributed by atoms with Crippen molar-refractivity contribution in [1.82, 2.24) is 0 Å². The molecule has 1 aliphatic rings. The van der Waals surface area contributed by atoms with Crippen LogP contribution in [0.25, 0.3) is 0 Å². The molecule has 0 amide bonds. The Morgan fingerprint density at radius 1 is 1.26 bits per heavy atom. The van der Waals surface area contributed by atoms with Crippen LogP contribution in [0.1, 0.15) is 44.6 Å². The van der Waals surface area contributed by atoms with Crippen LogP contribution in [-0.4, -0.2) is 13.2 Å². The third-order valence-corrected chi connectivity index (χ3v) is 4.30. The highest BCUT2D eigenvalue weighted by molar-refractivity contribution is 6.17. The SMILES string of the molecule is CCC1CCCC(Oc2cc(CCl)ccc2OC)C1. The first kappa shape index (κ1) is 14.5. The molecule has 0 radical (unpaired) electrons. The molecule has 0 aliphatic heterocycles. The molecular weight excluding hydrogens is 260 g/mol. The van der Waals surface area contributed by atoms with Crippen LogP contribution < -0.4 is 9.47 Å². The fourth-order valence-electron chi connectivity index (χ4n) is 2.80. The Morgan fingerprint density at radius 2 is 2.11 bits per heavy atom. The van der Waals surface area contributed by atoms with E-state index in [2.05, 4.69) is 6.92 Å². The normalized spacial score (nSPS) is 23.1. The number of rotatable bonds is 5. The van der Waals surface area contributed by atoms with E-state index in [1.54, 1.807) is 7.11 Å². The third kappa shape index (κ3) is 3.79. The number of methoxy groups -OCH3 is 1. The summed E-state index contributed by atoms with van der Waals surface area (Å²) in [6, 6.07) is 5.92. The molecule has 1 aliphatic carbocycles. The van der Waals surface area contributed by atoms with Gasteiger partial charge in [0.25, 0.3) is 0 Å². The fourth-order valence-corrected chi connectivity index (χ4v) is 2.96. The highest BCUT2D eigenvalue weighted by Gasteiger charge is 2.23. The van der Waals surface area contributed by atoms with Crippen molar-refractivity contribution in [3.8, 4) is 11.5 Å². The molecule has 0 saturated heterocycles. The lowest BCUT2D eigenvalue weighted by Crippen LogP contribution is -2.25. The van der Waals surface area contributed by atoms with Crippen LogP contribution in [-0.2, 0) is 5.88 Å². The second-order valence-corrected chi connectivity index (χ2v) is 5.57. The van der Waals surface area contributed by atoms with Gasteiger partial charge in [-0.25, -0.2) is 0 Å². The second kappa shape index (κ2) is 7.04. The maximum absolute atomic E-state index is 6.17. The highest BCUT2D eigenvalue weighted by Crippen LogP contribution is 2.34. The monoisotopic (exact) mass is 282 g/mol. The predicted molar refractivity (Wildman–Crippen MR) is 79.2 cm³/mol. The van der Waals surface area contributed by atoms with Gasteiger partial charge in [-0.15, -0.1) is 11.6 Å². The zero-order valence-corrected chi connectivity index (χ0v) is 12.6. The lowest BCUT2D eigenvalue weighted by atomic mass is 9.85. The molecule has 2 nitrogen and oxygen atoms in total. The van der Waals surface area contributed by atoms with Gasteiger partial charge in [0, 0.05) is 5.88 Å². The molecule has 0 heterocycles. The van der Waals surface area contributed by atoms with Crippen molar-refractivity contribution >= 4 is 11.6 Å². The molecule has 0 bridgehead atoms. The van der Waals surface area contributed by atoms with Crippen LogP contribution in [0.15, 0.2) is 18.2 Å². The molecule has 1 aromatic carbocycles. The smallest absolute Gasteiger partial charge is 0.161 e. The largest absolute Gasteiger partial charge is 0.493 e. The molecule has 1 aromatic rings. The molecule has 0 N–H and O–H groups in total. The van der Waals surface area contributed by atoms with Crippen molar-refractivity contribution in [3.05, 3.63) is 23.8 Å². The Hall–Kier alpha value is -0.890. The van der Waals surface area contributed by atoms with Gasteiger partial charge < -0.3 is 9.47 Å². The molecule has 1 saturated carbocycles. The van der Waals surface area contributed by atoms with E-state index >= 15 is 0 Å². The van der Waals surface area contributed by atoms with E-state index in [0.717, 1.165) is 35.8 Å². The quantitative estimate of drug-likeness (QED) is 0.724. The lowest BCUT2D eigenvalue weighted by molar-refractivity contribution is 0.118.